The van der Waals surface area contributed by atoms with Crippen LogP contribution in [0, 0.1) is 5.82 Å². The molecule has 2 aromatic heterocycles. The van der Waals surface area contributed by atoms with Gasteiger partial charge in [0.15, 0.2) is 10.9 Å². The van der Waals surface area contributed by atoms with E-state index in [-0.39, 0.29) is 28.2 Å². The van der Waals surface area contributed by atoms with Gasteiger partial charge >= 0.3 is 6.01 Å². The summed E-state index contributed by atoms with van der Waals surface area (Å²) in [6.45, 7) is 5.16. The van der Waals surface area contributed by atoms with Crippen LogP contribution in [0.25, 0.3) is 32.2 Å². The maximum Gasteiger partial charge on any atom is 0.319 e. The molecule has 42 heavy (non-hydrogen) atoms. The highest BCUT2D eigenvalue weighted by Gasteiger charge is 2.28. The first-order chi connectivity index (χ1) is 20.4. The highest BCUT2D eigenvalue weighted by Crippen LogP contribution is 2.42. The molecule has 7 rings (SSSR count). The molecule has 3 aliphatic rings. The highest BCUT2D eigenvalue weighted by atomic mass is 35.5. The smallest absolute Gasteiger partial charge is 0.319 e. The van der Waals surface area contributed by atoms with E-state index in [1.165, 1.54) is 11.3 Å². The lowest BCUT2D eigenvalue weighted by atomic mass is 10.0. The maximum absolute atomic E-state index is 16.7. The summed E-state index contributed by atoms with van der Waals surface area (Å²) in [5, 5.41) is 8.42. The van der Waals surface area contributed by atoms with E-state index in [1.807, 2.05) is 18.2 Å². The van der Waals surface area contributed by atoms with Crippen LogP contribution in [0.4, 0.5) is 15.3 Å². The molecule has 0 saturated carbocycles. The minimum Gasteiger partial charge on any atom is -0.462 e. The molecule has 4 N–H and O–H groups in total. The van der Waals surface area contributed by atoms with Crippen LogP contribution < -0.4 is 26.0 Å². The van der Waals surface area contributed by atoms with Crippen molar-refractivity contribution in [2.45, 2.75) is 50.2 Å². The Morgan fingerprint density at radius 2 is 1.95 bits per heavy atom. The van der Waals surface area contributed by atoms with Crippen molar-refractivity contribution >= 4 is 55.0 Å². The van der Waals surface area contributed by atoms with Gasteiger partial charge < -0.3 is 30.9 Å². The van der Waals surface area contributed by atoms with Crippen LogP contribution in [0.1, 0.15) is 32.1 Å². The number of nitrogens with two attached hydrogens (primary N) is 1. The zero-order valence-corrected chi connectivity index (χ0v) is 25.3. The Kier molecular flexibility index (Phi) is 7.78. The third-order valence-corrected chi connectivity index (χ3v) is 10.1. The summed E-state index contributed by atoms with van der Waals surface area (Å²) in [4.78, 5) is 18.6. The number of hydrogen-bond acceptors (Lipinski definition) is 10. The monoisotopic (exact) mass is 610 g/mol. The molecule has 0 amide bonds. The minimum atomic E-state index is -0.505. The quantitative estimate of drug-likeness (QED) is 0.275. The van der Waals surface area contributed by atoms with Crippen molar-refractivity contribution < 1.29 is 9.13 Å². The third-order valence-electron chi connectivity index (χ3n) is 8.90. The van der Waals surface area contributed by atoms with Gasteiger partial charge in [-0.2, -0.15) is 9.97 Å². The number of para-hydroxylation sites is 1. The number of thiazole rings is 1. The molecule has 222 valence electrons. The standard InChI is InChI=1S/C30H36ClFN8OS/c1-39-10-4-6-19(39)16-41-30-37-27-21(28(38-30)40-11-3-5-17(9-12-40)35-18-14-34-15-18)13-22(31)24(25(27)32)20-7-2-8-23-26(20)36-29(33)42-23/h2,7-8,13,17-19,34-35H,3-6,9-12,14-16H2,1H3,(H2,33,36)/t17?,19-/m0/s1. The fourth-order valence-electron chi connectivity index (χ4n) is 6.46. The number of hydrogen-bond donors (Lipinski definition) is 3. The van der Waals surface area contributed by atoms with Crippen LogP contribution >= 0.6 is 22.9 Å². The zero-order valence-electron chi connectivity index (χ0n) is 23.7. The number of rotatable bonds is 7. The number of nitrogens with zero attached hydrogens (tertiary/aromatic N) is 5. The summed E-state index contributed by atoms with van der Waals surface area (Å²) in [5.41, 5.74) is 7.69. The molecular formula is C30H36ClFN8OS. The summed E-state index contributed by atoms with van der Waals surface area (Å²) >= 11 is 8.24. The number of benzene rings is 2. The van der Waals surface area contributed by atoms with Crippen molar-refractivity contribution in [2.24, 2.45) is 0 Å². The van der Waals surface area contributed by atoms with Crippen molar-refractivity contribution in [3.63, 3.8) is 0 Å². The van der Waals surface area contributed by atoms with E-state index in [9.17, 15) is 0 Å². The molecule has 3 aliphatic heterocycles. The lowest BCUT2D eigenvalue weighted by Crippen LogP contribution is -2.58. The molecule has 2 atom stereocenters. The van der Waals surface area contributed by atoms with E-state index < -0.39 is 5.82 Å². The van der Waals surface area contributed by atoms with Gasteiger partial charge in [-0.25, -0.2) is 9.37 Å². The van der Waals surface area contributed by atoms with Crippen molar-refractivity contribution in [1.29, 1.82) is 0 Å². The number of likely N-dealkylation sites (N-methyl/N-ethyl adjacent to an activating group) is 1. The SMILES string of the molecule is CN1CCC[C@H]1COc1nc(N2CCCC(NC3CNC3)CC2)c2cc(Cl)c(-c3cccc4sc(N)nc34)c(F)c2n1. The Labute approximate surface area is 253 Å². The van der Waals surface area contributed by atoms with Gasteiger partial charge in [0, 0.05) is 60.8 Å². The minimum absolute atomic E-state index is 0.195. The van der Waals surface area contributed by atoms with Gasteiger partial charge in [-0.1, -0.05) is 35.1 Å². The third kappa shape index (κ3) is 5.37. The normalized spacial score (nSPS) is 22.1. The van der Waals surface area contributed by atoms with E-state index in [4.69, 9.17) is 27.1 Å². The lowest BCUT2D eigenvalue weighted by molar-refractivity contribution is 0.188. The van der Waals surface area contributed by atoms with Gasteiger partial charge in [-0.05, 0) is 57.8 Å². The Hall–Kier alpha value is -2.83. The second-order valence-electron chi connectivity index (χ2n) is 11.7. The number of halogens is 2. The molecule has 12 heteroatoms. The van der Waals surface area contributed by atoms with Crippen LogP contribution in [0.3, 0.4) is 0 Å². The number of likely N-dealkylation sites (tertiary alicyclic amines) is 1. The topological polar surface area (TPSA) is 104 Å². The molecule has 0 aliphatic carbocycles. The van der Waals surface area contributed by atoms with Crippen molar-refractivity contribution in [2.75, 3.05) is 57.0 Å². The fourth-order valence-corrected chi connectivity index (χ4v) is 7.51. The first-order valence-corrected chi connectivity index (χ1v) is 16.0. The van der Waals surface area contributed by atoms with E-state index in [0.29, 0.717) is 46.1 Å². The Balaban J connectivity index is 1.29. The average Bonchev–Trinajstić information content (AvgIpc) is 3.46. The Morgan fingerprint density at radius 3 is 2.74 bits per heavy atom. The van der Waals surface area contributed by atoms with Crippen LogP contribution in [0.5, 0.6) is 6.01 Å². The number of nitrogen functional groups attached to an aromatic ring is 1. The maximum atomic E-state index is 16.7. The molecular weight excluding hydrogens is 575 g/mol. The number of ether oxygens (including phenoxy) is 1. The molecule has 4 aromatic rings. The predicted octanol–water partition coefficient (Wildman–Crippen LogP) is 4.67. The first-order valence-electron chi connectivity index (χ1n) is 14.8. The molecule has 9 nitrogen and oxygen atoms in total. The Bertz CT molecular complexity index is 1610. The van der Waals surface area contributed by atoms with E-state index in [0.717, 1.165) is 69.5 Å². The van der Waals surface area contributed by atoms with E-state index >= 15 is 4.39 Å². The molecule has 2 aromatic carbocycles. The summed E-state index contributed by atoms with van der Waals surface area (Å²) in [6, 6.07) is 8.89. The second-order valence-corrected chi connectivity index (χ2v) is 13.2. The first kappa shape index (κ1) is 28.0. The molecule has 1 unspecified atom stereocenters. The molecule has 5 heterocycles. The van der Waals surface area contributed by atoms with E-state index in [2.05, 4.69) is 37.4 Å². The molecule has 3 fully saturated rings. The van der Waals surface area contributed by atoms with Crippen molar-refractivity contribution in [3.05, 3.63) is 35.1 Å². The van der Waals surface area contributed by atoms with Gasteiger partial charge in [0.05, 0.1) is 15.2 Å². The Morgan fingerprint density at radius 1 is 1.10 bits per heavy atom. The number of fused-ring (bicyclic) bond motifs is 2. The summed E-state index contributed by atoms with van der Waals surface area (Å²) in [6.07, 6.45) is 5.27. The number of anilines is 2. The number of aromatic nitrogens is 3. The summed E-state index contributed by atoms with van der Waals surface area (Å²) in [7, 11) is 2.11. The molecule has 0 bridgehead atoms. The second kappa shape index (κ2) is 11.7. The zero-order chi connectivity index (χ0) is 28.8. The van der Waals surface area contributed by atoms with Crippen molar-refractivity contribution in [1.82, 2.24) is 30.5 Å². The molecule has 3 saturated heterocycles. The van der Waals surface area contributed by atoms with Gasteiger partial charge in [-0.15, -0.1) is 0 Å². The summed E-state index contributed by atoms with van der Waals surface area (Å²) in [5.74, 6) is 0.166. The fraction of sp³-hybridized carbons (Fsp3) is 0.500. The predicted molar refractivity (Wildman–Crippen MR) is 168 cm³/mol. The highest BCUT2D eigenvalue weighted by molar-refractivity contribution is 7.22. The van der Waals surface area contributed by atoms with Crippen LogP contribution in [0.2, 0.25) is 5.02 Å². The van der Waals surface area contributed by atoms with Crippen LogP contribution in [-0.2, 0) is 0 Å². The molecule has 0 spiro atoms. The largest absolute Gasteiger partial charge is 0.462 e. The van der Waals surface area contributed by atoms with E-state index in [1.54, 1.807) is 6.07 Å². The molecule has 0 radical (unpaired) electrons. The van der Waals surface area contributed by atoms with Gasteiger partial charge in [0.25, 0.3) is 0 Å². The summed E-state index contributed by atoms with van der Waals surface area (Å²) < 4.78 is 23.8. The van der Waals surface area contributed by atoms with Crippen molar-refractivity contribution in [3.8, 4) is 17.1 Å². The van der Waals surface area contributed by atoms with Crippen LogP contribution in [0.15, 0.2) is 24.3 Å². The van der Waals surface area contributed by atoms with Gasteiger partial charge in [0.1, 0.15) is 17.9 Å². The lowest BCUT2D eigenvalue weighted by Gasteiger charge is -2.32. The average molecular weight is 611 g/mol. The van der Waals surface area contributed by atoms with Crippen LogP contribution in [-0.4, -0.2) is 84.4 Å². The van der Waals surface area contributed by atoms with Gasteiger partial charge in [0.2, 0.25) is 0 Å². The van der Waals surface area contributed by atoms with Gasteiger partial charge in [-0.3, -0.25) is 0 Å². The number of nitrogens with one attached hydrogen (secondary N) is 2.